The second kappa shape index (κ2) is 8.34. The summed E-state index contributed by atoms with van der Waals surface area (Å²) in [5.41, 5.74) is 0.591. The Kier molecular flexibility index (Phi) is 6.45. The summed E-state index contributed by atoms with van der Waals surface area (Å²) in [7, 11) is 0. The molecular formula is C17H22BrNO4. The van der Waals surface area contributed by atoms with E-state index in [4.69, 9.17) is 9.84 Å². The van der Waals surface area contributed by atoms with Crippen LogP contribution in [0.1, 0.15) is 43.0 Å². The van der Waals surface area contributed by atoms with Crippen molar-refractivity contribution >= 4 is 27.8 Å². The predicted molar refractivity (Wildman–Crippen MR) is 90.8 cm³/mol. The summed E-state index contributed by atoms with van der Waals surface area (Å²) in [6.45, 7) is 3.74. The number of benzene rings is 1. The molecule has 0 unspecified atom stereocenters. The van der Waals surface area contributed by atoms with Gasteiger partial charge in [0.2, 0.25) is 0 Å². The Labute approximate surface area is 144 Å². The van der Waals surface area contributed by atoms with Crippen molar-refractivity contribution in [3.8, 4) is 5.75 Å². The fraction of sp³-hybridized carbons (Fsp3) is 0.529. The fourth-order valence-electron chi connectivity index (χ4n) is 2.59. The second-order valence-electron chi connectivity index (χ2n) is 5.75. The standard InChI is InChI=1S/C17H22BrNO4/c1-2-3-10-23-15-5-4-13(11-14(15)18)16(20)19-8-6-12(7-9-19)17(21)22/h4-5,11-12H,2-3,6-10H2,1H3,(H,21,22). The minimum atomic E-state index is -0.770. The van der Waals surface area contributed by atoms with Gasteiger partial charge in [0.25, 0.3) is 5.91 Å². The molecule has 1 fully saturated rings. The molecule has 1 N–H and O–H groups in total. The lowest BCUT2D eigenvalue weighted by molar-refractivity contribution is -0.143. The van der Waals surface area contributed by atoms with Crippen LogP contribution in [0.15, 0.2) is 22.7 Å². The number of nitrogens with zero attached hydrogens (tertiary/aromatic N) is 1. The van der Waals surface area contributed by atoms with Crippen molar-refractivity contribution in [3.05, 3.63) is 28.2 Å². The van der Waals surface area contributed by atoms with Crippen LogP contribution in [0.5, 0.6) is 5.75 Å². The zero-order valence-corrected chi connectivity index (χ0v) is 14.8. The van der Waals surface area contributed by atoms with Crippen LogP contribution in [0.4, 0.5) is 0 Å². The zero-order chi connectivity index (χ0) is 16.8. The van der Waals surface area contributed by atoms with Crippen LogP contribution in [-0.2, 0) is 4.79 Å². The molecular weight excluding hydrogens is 362 g/mol. The van der Waals surface area contributed by atoms with E-state index in [0.29, 0.717) is 38.1 Å². The number of unbranched alkanes of at least 4 members (excludes halogenated alkanes) is 1. The summed E-state index contributed by atoms with van der Waals surface area (Å²) in [6, 6.07) is 5.33. The van der Waals surface area contributed by atoms with E-state index in [1.54, 1.807) is 23.1 Å². The monoisotopic (exact) mass is 383 g/mol. The molecule has 0 radical (unpaired) electrons. The lowest BCUT2D eigenvalue weighted by atomic mass is 9.96. The maximum absolute atomic E-state index is 12.5. The van der Waals surface area contributed by atoms with Crippen molar-refractivity contribution < 1.29 is 19.4 Å². The van der Waals surface area contributed by atoms with E-state index in [1.807, 2.05) is 0 Å². The third kappa shape index (κ3) is 4.70. The van der Waals surface area contributed by atoms with E-state index in [9.17, 15) is 9.59 Å². The lowest BCUT2D eigenvalue weighted by Gasteiger charge is -2.30. The number of piperidine rings is 1. The van der Waals surface area contributed by atoms with E-state index < -0.39 is 5.97 Å². The molecule has 2 rings (SSSR count). The number of carbonyl (C=O) groups is 2. The number of carboxylic acid groups (broad SMARTS) is 1. The van der Waals surface area contributed by atoms with Crippen LogP contribution < -0.4 is 4.74 Å². The van der Waals surface area contributed by atoms with Crippen LogP contribution >= 0.6 is 15.9 Å². The Hall–Kier alpha value is -1.56. The molecule has 0 aliphatic carbocycles. The number of aliphatic carboxylic acids is 1. The summed E-state index contributed by atoms with van der Waals surface area (Å²) in [5.74, 6) is -0.428. The topological polar surface area (TPSA) is 66.8 Å². The molecule has 0 aromatic heterocycles. The summed E-state index contributed by atoms with van der Waals surface area (Å²) < 4.78 is 6.42. The van der Waals surface area contributed by atoms with Gasteiger partial charge < -0.3 is 14.7 Å². The Morgan fingerprint density at radius 3 is 2.61 bits per heavy atom. The Balaban J connectivity index is 1.97. The van der Waals surface area contributed by atoms with Crippen molar-refractivity contribution in [2.24, 2.45) is 5.92 Å². The van der Waals surface area contributed by atoms with Gasteiger partial charge in [-0.05, 0) is 53.4 Å². The first kappa shape index (κ1) is 17.8. The molecule has 0 spiro atoms. The van der Waals surface area contributed by atoms with E-state index in [-0.39, 0.29) is 11.8 Å². The van der Waals surface area contributed by atoms with Crippen molar-refractivity contribution in [1.29, 1.82) is 0 Å². The SMILES string of the molecule is CCCCOc1ccc(C(=O)N2CCC(C(=O)O)CC2)cc1Br. The number of likely N-dealkylation sites (tertiary alicyclic amines) is 1. The number of amides is 1. The summed E-state index contributed by atoms with van der Waals surface area (Å²) >= 11 is 3.45. The largest absolute Gasteiger partial charge is 0.492 e. The fourth-order valence-corrected chi connectivity index (χ4v) is 3.08. The van der Waals surface area contributed by atoms with Crippen LogP contribution in [0.3, 0.4) is 0 Å². The molecule has 1 aromatic rings. The minimum absolute atomic E-state index is 0.0605. The van der Waals surface area contributed by atoms with Gasteiger partial charge >= 0.3 is 5.97 Å². The lowest BCUT2D eigenvalue weighted by Crippen LogP contribution is -2.40. The highest BCUT2D eigenvalue weighted by atomic mass is 79.9. The van der Waals surface area contributed by atoms with Crippen LogP contribution in [0.25, 0.3) is 0 Å². The highest BCUT2D eigenvalue weighted by molar-refractivity contribution is 9.10. The number of carboxylic acids is 1. The first-order valence-corrected chi connectivity index (χ1v) is 8.76. The van der Waals surface area contributed by atoms with E-state index in [1.165, 1.54) is 0 Å². The van der Waals surface area contributed by atoms with Gasteiger partial charge in [-0.15, -0.1) is 0 Å². The smallest absolute Gasteiger partial charge is 0.306 e. The molecule has 5 nitrogen and oxygen atoms in total. The average molecular weight is 384 g/mol. The van der Waals surface area contributed by atoms with Crippen molar-refractivity contribution in [1.82, 2.24) is 4.90 Å². The highest BCUT2D eigenvalue weighted by Gasteiger charge is 2.27. The van der Waals surface area contributed by atoms with Gasteiger partial charge in [-0.3, -0.25) is 9.59 Å². The first-order chi connectivity index (χ1) is 11.0. The van der Waals surface area contributed by atoms with Crippen LogP contribution in [0, 0.1) is 5.92 Å². The number of carbonyl (C=O) groups excluding carboxylic acids is 1. The van der Waals surface area contributed by atoms with Crippen molar-refractivity contribution in [2.75, 3.05) is 19.7 Å². The molecule has 1 heterocycles. The van der Waals surface area contributed by atoms with Crippen LogP contribution in [0.2, 0.25) is 0 Å². The Morgan fingerprint density at radius 1 is 1.35 bits per heavy atom. The van der Waals surface area contributed by atoms with Gasteiger partial charge in [-0.1, -0.05) is 13.3 Å². The molecule has 1 aromatic carbocycles. The molecule has 1 aliphatic rings. The Morgan fingerprint density at radius 2 is 2.04 bits per heavy atom. The normalized spacial score (nSPS) is 15.5. The number of hydrogen-bond acceptors (Lipinski definition) is 3. The van der Waals surface area contributed by atoms with Crippen molar-refractivity contribution in [3.63, 3.8) is 0 Å². The van der Waals surface area contributed by atoms with Gasteiger partial charge in [0, 0.05) is 18.7 Å². The van der Waals surface area contributed by atoms with Gasteiger partial charge in [0.15, 0.2) is 0 Å². The van der Waals surface area contributed by atoms with Gasteiger partial charge in [-0.2, -0.15) is 0 Å². The minimum Gasteiger partial charge on any atom is -0.492 e. The van der Waals surface area contributed by atoms with E-state index in [2.05, 4.69) is 22.9 Å². The summed E-state index contributed by atoms with van der Waals surface area (Å²) in [5, 5.41) is 9.01. The zero-order valence-electron chi connectivity index (χ0n) is 13.3. The molecule has 1 saturated heterocycles. The molecule has 23 heavy (non-hydrogen) atoms. The third-order valence-corrected chi connectivity index (χ3v) is 4.69. The maximum Gasteiger partial charge on any atom is 0.306 e. The van der Waals surface area contributed by atoms with Gasteiger partial charge in [0.05, 0.1) is 17.0 Å². The van der Waals surface area contributed by atoms with E-state index >= 15 is 0 Å². The molecule has 0 bridgehead atoms. The average Bonchev–Trinajstić information content (AvgIpc) is 2.56. The molecule has 0 saturated carbocycles. The highest BCUT2D eigenvalue weighted by Crippen LogP contribution is 2.27. The number of rotatable bonds is 6. The summed E-state index contributed by atoms with van der Waals surface area (Å²) in [4.78, 5) is 25.2. The first-order valence-electron chi connectivity index (χ1n) is 7.97. The maximum atomic E-state index is 12.5. The predicted octanol–water partition coefficient (Wildman–Crippen LogP) is 3.56. The molecule has 126 valence electrons. The van der Waals surface area contributed by atoms with Crippen LogP contribution in [-0.4, -0.2) is 41.6 Å². The van der Waals surface area contributed by atoms with E-state index in [0.717, 1.165) is 23.1 Å². The molecule has 6 heteroatoms. The molecule has 1 amide bonds. The molecule has 0 atom stereocenters. The number of ether oxygens (including phenoxy) is 1. The summed E-state index contributed by atoms with van der Waals surface area (Å²) in [6.07, 6.45) is 3.09. The second-order valence-corrected chi connectivity index (χ2v) is 6.61. The quantitative estimate of drug-likeness (QED) is 0.762. The van der Waals surface area contributed by atoms with Gasteiger partial charge in [0.1, 0.15) is 5.75 Å². The van der Waals surface area contributed by atoms with Gasteiger partial charge in [-0.25, -0.2) is 0 Å². The molecule has 1 aliphatic heterocycles. The third-order valence-electron chi connectivity index (χ3n) is 4.07. The number of halogens is 1. The van der Waals surface area contributed by atoms with Crippen molar-refractivity contribution in [2.45, 2.75) is 32.6 Å². The number of hydrogen-bond donors (Lipinski definition) is 1. The Bertz CT molecular complexity index is 568.